The maximum Gasteiger partial charge on any atom is 0.0842 e. The van der Waals surface area contributed by atoms with Gasteiger partial charge < -0.3 is 0 Å². The van der Waals surface area contributed by atoms with Crippen LogP contribution in [-0.2, 0) is 6.16 Å². The van der Waals surface area contributed by atoms with Crippen LogP contribution in [0.2, 0.25) is 0 Å². The van der Waals surface area contributed by atoms with Crippen LogP contribution in [0.5, 0.6) is 0 Å². The molecule has 0 radical (unpaired) electrons. The topological polar surface area (TPSA) is 0 Å². The molecule has 0 fully saturated rings. The van der Waals surface area contributed by atoms with Gasteiger partial charge in [0.05, 0.1) is 24.6 Å². The molecule has 0 atom stereocenters. The van der Waals surface area contributed by atoms with Crippen LogP contribution in [0.3, 0.4) is 0 Å². The van der Waals surface area contributed by atoms with Crippen molar-refractivity contribution in [1.29, 1.82) is 0 Å². The molecule has 268 valence electrons. The fraction of sp³-hybridized carbons (Fsp3) is 0.822. The summed E-state index contributed by atoms with van der Waals surface area (Å²) in [6.45, 7) is 11.0. The van der Waals surface area contributed by atoms with Crippen LogP contribution in [-0.4, -0.2) is 18.5 Å². The first kappa shape index (κ1) is 43.4. The van der Waals surface area contributed by atoms with Gasteiger partial charge in [-0.15, -0.1) is 0 Å². The summed E-state index contributed by atoms with van der Waals surface area (Å²) in [7, 11) is -0.989. The lowest BCUT2D eigenvalue weighted by Gasteiger charge is -2.29. The number of hydrogen-bond acceptors (Lipinski definition) is 0. The van der Waals surface area contributed by atoms with Crippen molar-refractivity contribution < 1.29 is 0 Å². The summed E-state index contributed by atoms with van der Waals surface area (Å²) in [4.78, 5) is 0. The Labute approximate surface area is 292 Å². The van der Waals surface area contributed by atoms with Crippen LogP contribution in [0.4, 0.5) is 0 Å². The molecule has 0 bridgehead atoms. The van der Waals surface area contributed by atoms with Crippen molar-refractivity contribution in [3.05, 3.63) is 42.0 Å². The van der Waals surface area contributed by atoms with E-state index in [1.807, 2.05) is 6.08 Å². The highest BCUT2D eigenvalue weighted by Crippen LogP contribution is 2.63. The second kappa shape index (κ2) is 32.9. The van der Waals surface area contributed by atoms with Gasteiger partial charge in [0.15, 0.2) is 0 Å². The number of unbranched alkanes of at least 4 members (excludes halogenated alkanes) is 27. The normalized spacial score (nSPS) is 11.8. The van der Waals surface area contributed by atoms with E-state index >= 15 is 0 Å². The maximum absolute atomic E-state index is 4.01. The second-order valence-corrected chi connectivity index (χ2v) is 19.5. The van der Waals surface area contributed by atoms with E-state index in [0.717, 1.165) is 0 Å². The van der Waals surface area contributed by atoms with Gasteiger partial charge in [-0.25, -0.2) is 0 Å². The largest absolute Gasteiger partial charge is 0.0985 e. The Bertz CT molecular complexity index is 689. The fourth-order valence-corrected chi connectivity index (χ4v) is 12.3. The quantitative estimate of drug-likeness (QED) is 0.0498. The Hall–Kier alpha value is -0.610. The fourth-order valence-electron chi connectivity index (χ4n) is 7.52. The van der Waals surface area contributed by atoms with Crippen LogP contribution in [0.25, 0.3) is 6.08 Å². The van der Waals surface area contributed by atoms with Gasteiger partial charge in [0, 0.05) is 7.26 Å². The lowest BCUT2D eigenvalue weighted by molar-refractivity contribution is 0.559. The number of benzene rings is 1. The third-order valence-corrected chi connectivity index (χ3v) is 15.5. The summed E-state index contributed by atoms with van der Waals surface area (Å²) in [5.41, 5.74) is 2.89. The van der Waals surface area contributed by atoms with Crippen LogP contribution in [0, 0.1) is 0 Å². The summed E-state index contributed by atoms with van der Waals surface area (Å²) in [5, 5.41) is 0. The van der Waals surface area contributed by atoms with E-state index in [4.69, 9.17) is 0 Å². The van der Waals surface area contributed by atoms with Gasteiger partial charge in [-0.2, -0.15) is 0 Å². The molecule has 0 saturated carbocycles. The smallest absolute Gasteiger partial charge is 0.0842 e. The Balaban J connectivity index is 2.68. The van der Waals surface area contributed by atoms with Gasteiger partial charge >= 0.3 is 0 Å². The zero-order chi connectivity index (χ0) is 33.2. The van der Waals surface area contributed by atoms with Crippen LogP contribution < -0.4 is 0 Å². The van der Waals surface area contributed by atoms with Gasteiger partial charge in [-0.3, -0.25) is 0 Å². The summed E-state index contributed by atoms with van der Waals surface area (Å²) in [6, 6.07) is 9.53. The summed E-state index contributed by atoms with van der Waals surface area (Å²) in [5.74, 6) is 0. The third kappa shape index (κ3) is 25.4. The predicted octanol–water partition coefficient (Wildman–Crippen LogP) is 16.6. The van der Waals surface area contributed by atoms with E-state index in [2.05, 4.69) is 51.6 Å². The van der Waals surface area contributed by atoms with Crippen molar-refractivity contribution in [1.82, 2.24) is 0 Å². The molecule has 46 heavy (non-hydrogen) atoms. The van der Waals surface area contributed by atoms with Crippen molar-refractivity contribution in [2.75, 3.05) is 18.5 Å². The minimum Gasteiger partial charge on any atom is -0.0985 e. The van der Waals surface area contributed by atoms with Gasteiger partial charge in [-0.1, -0.05) is 212 Å². The molecule has 0 saturated heterocycles. The predicted molar refractivity (Wildman–Crippen MR) is 217 cm³/mol. The number of hydrogen-bond donors (Lipinski definition) is 0. The Kier molecular flexibility index (Phi) is 31.1. The molecule has 0 unspecified atom stereocenters. The zero-order valence-electron chi connectivity index (χ0n) is 32.1. The molecule has 1 rings (SSSR count). The van der Waals surface area contributed by atoms with Crippen LogP contribution in [0.15, 0.2) is 30.8 Å². The molecule has 1 aromatic rings. The summed E-state index contributed by atoms with van der Waals surface area (Å²) in [6.07, 6.45) is 51.7. The Morgan fingerprint density at radius 2 is 0.652 bits per heavy atom. The highest BCUT2D eigenvalue weighted by Gasteiger charge is 2.36. The van der Waals surface area contributed by atoms with Crippen LogP contribution in [0.1, 0.15) is 225 Å². The maximum atomic E-state index is 4.01. The lowest BCUT2D eigenvalue weighted by atomic mass is 10.1. The molecular weight excluding hydrogens is 571 g/mol. The molecule has 0 heterocycles. The number of rotatable bonds is 36. The minimum atomic E-state index is -0.989. The lowest BCUT2D eigenvalue weighted by Crippen LogP contribution is -2.12. The van der Waals surface area contributed by atoms with E-state index in [9.17, 15) is 0 Å². The highest BCUT2D eigenvalue weighted by atomic mass is 31.2. The molecule has 1 aromatic carbocycles. The van der Waals surface area contributed by atoms with E-state index < -0.39 is 7.26 Å². The molecule has 0 N–H and O–H groups in total. The molecule has 1 heteroatoms. The highest BCUT2D eigenvalue weighted by molar-refractivity contribution is 7.75. The van der Waals surface area contributed by atoms with Gasteiger partial charge in [-0.05, 0) is 49.7 Å². The summed E-state index contributed by atoms with van der Waals surface area (Å²) < 4.78 is 0. The molecule has 0 aliphatic rings. The molecule has 0 nitrogen and oxygen atoms in total. The average Bonchev–Trinajstić information content (AvgIpc) is 3.07. The first-order valence-corrected chi connectivity index (χ1v) is 23.8. The Morgan fingerprint density at radius 1 is 0.391 bits per heavy atom. The minimum absolute atomic E-state index is 0.989. The van der Waals surface area contributed by atoms with Crippen molar-refractivity contribution in [2.45, 2.75) is 220 Å². The molecule has 0 amide bonds. The SMILES string of the molecule is C=Cc1ccc(C[P+](CCCCCCCCCCCC)(CCCCCCCCCCCC)CCCCCCCCCCCC)cc1. The third-order valence-electron chi connectivity index (χ3n) is 10.7. The van der Waals surface area contributed by atoms with Gasteiger partial charge in [0.2, 0.25) is 0 Å². The molecule has 0 spiro atoms. The zero-order valence-corrected chi connectivity index (χ0v) is 33.0. The Morgan fingerprint density at radius 3 is 0.913 bits per heavy atom. The molecular formula is C45H84P+. The second-order valence-electron chi connectivity index (χ2n) is 15.2. The van der Waals surface area contributed by atoms with E-state index in [0.29, 0.717) is 0 Å². The molecule has 0 aliphatic heterocycles. The van der Waals surface area contributed by atoms with Gasteiger partial charge in [0.1, 0.15) is 0 Å². The summed E-state index contributed by atoms with van der Waals surface area (Å²) >= 11 is 0. The molecule has 0 aliphatic carbocycles. The van der Waals surface area contributed by atoms with Crippen LogP contribution >= 0.6 is 7.26 Å². The molecule has 0 aromatic heterocycles. The van der Waals surface area contributed by atoms with E-state index in [-0.39, 0.29) is 0 Å². The van der Waals surface area contributed by atoms with Crippen molar-refractivity contribution in [2.24, 2.45) is 0 Å². The average molecular weight is 656 g/mol. The monoisotopic (exact) mass is 656 g/mol. The van der Waals surface area contributed by atoms with Crippen molar-refractivity contribution >= 4 is 13.3 Å². The van der Waals surface area contributed by atoms with E-state index in [1.165, 1.54) is 204 Å². The first-order valence-electron chi connectivity index (χ1n) is 21.3. The van der Waals surface area contributed by atoms with E-state index in [1.54, 1.807) is 24.0 Å². The first-order chi connectivity index (χ1) is 22.7. The standard InChI is InChI=1S/C45H84P/c1-5-9-12-15-18-21-24-27-30-33-40-46(43-45-38-36-44(8-4)37-39-45,41-34-31-28-25-22-19-16-13-10-6-2)42-35-32-29-26-23-20-17-14-11-7-3/h8,36-39H,4-7,9-35,40-43H2,1-3H3/q+1. The van der Waals surface area contributed by atoms with Crippen molar-refractivity contribution in [3.8, 4) is 0 Å². The van der Waals surface area contributed by atoms with Crippen molar-refractivity contribution in [3.63, 3.8) is 0 Å². The van der Waals surface area contributed by atoms with Gasteiger partial charge in [0.25, 0.3) is 0 Å².